The van der Waals surface area contributed by atoms with Gasteiger partial charge in [-0.05, 0) is 38.3 Å². The lowest BCUT2D eigenvalue weighted by Crippen LogP contribution is -2.47. The number of halogens is 1. The van der Waals surface area contributed by atoms with E-state index in [1.165, 1.54) is 19.1 Å². The monoisotopic (exact) mass is 392 g/mol. The normalized spacial score (nSPS) is 22.5. The van der Waals surface area contributed by atoms with Crippen LogP contribution in [0.25, 0.3) is 0 Å². The molecule has 2 unspecified atom stereocenters. The van der Waals surface area contributed by atoms with Crippen molar-refractivity contribution in [1.82, 2.24) is 10.0 Å². The molecule has 1 fully saturated rings. The van der Waals surface area contributed by atoms with Gasteiger partial charge >= 0.3 is 0 Å². The first kappa shape index (κ1) is 19.8. The first-order valence-electron chi connectivity index (χ1n) is 7.77. The number of carbonyl (C=O) groups is 1. The Bertz CT molecular complexity index is 854. The summed E-state index contributed by atoms with van der Waals surface area (Å²) < 4.78 is 63.2. The van der Waals surface area contributed by atoms with Crippen LogP contribution in [0.2, 0.25) is 0 Å². The molecule has 0 aliphatic heterocycles. The number of sulfone groups is 1. The van der Waals surface area contributed by atoms with Gasteiger partial charge in [0.1, 0.15) is 20.5 Å². The molecule has 0 spiro atoms. The molecule has 1 aromatic carbocycles. The van der Waals surface area contributed by atoms with E-state index in [0.717, 1.165) is 18.4 Å². The largest absolute Gasteiger partial charge is 0.352 e. The molecule has 10 heteroatoms. The second-order valence-corrected chi connectivity index (χ2v) is 10.3. The maximum Gasteiger partial charge on any atom is 0.244 e. The lowest BCUT2D eigenvalue weighted by molar-refractivity contribution is -0.123. The summed E-state index contributed by atoms with van der Waals surface area (Å²) >= 11 is 0. The molecule has 2 rings (SSSR count). The Balaban J connectivity index is 1.98. The van der Waals surface area contributed by atoms with E-state index in [0.29, 0.717) is 19.3 Å². The molecule has 2 N–H and O–H groups in total. The van der Waals surface area contributed by atoms with Crippen LogP contribution in [0, 0.1) is 5.82 Å². The van der Waals surface area contributed by atoms with Gasteiger partial charge in [-0.15, -0.1) is 0 Å². The van der Waals surface area contributed by atoms with Gasteiger partial charge in [0, 0.05) is 12.3 Å². The molecule has 1 aliphatic carbocycles. The summed E-state index contributed by atoms with van der Waals surface area (Å²) in [4.78, 5) is 11.6. The quantitative estimate of drug-likeness (QED) is 0.736. The summed E-state index contributed by atoms with van der Waals surface area (Å²) in [6.45, 7) is 1.34. The van der Waals surface area contributed by atoms with Crippen LogP contribution in [0.3, 0.4) is 0 Å². The van der Waals surface area contributed by atoms with E-state index in [9.17, 15) is 26.0 Å². The minimum atomic E-state index is -4.18. The summed E-state index contributed by atoms with van der Waals surface area (Å²) in [5.74, 6) is -1.49. The maximum absolute atomic E-state index is 13.6. The smallest absolute Gasteiger partial charge is 0.244 e. The number of carbonyl (C=O) groups excluding carboxylic acids is 1. The highest BCUT2D eigenvalue weighted by molar-refractivity contribution is 7.91. The fourth-order valence-corrected chi connectivity index (χ4v) is 5.23. The zero-order valence-electron chi connectivity index (χ0n) is 13.9. The number of hydrogen-bond acceptors (Lipinski definition) is 5. The highest BCUT2D eigenvalue weighted by atomic mass is 32.2. The summed E-state index contributed by atoms with van der Waals surface area (Å²) in [5.41, 5.74) is 0. The maximum atomic E-state index is 13.6. The third-order valence-corrected chi connectivity index (χ3v) is 7.40. The molecular formula is C15H21FN2O5S2. The average Bonchev–Trinajstić information content (AvgIpc) is 2.95. The van der Waals surface area contributed by atoms with Crippen molar-refractivity contribution in [2.24, 2.45) is 0 Å². The van der Waals surface area contributed by atoms with Crippen molar-refractivity contribution in [3.8, 4) is 0 Å². The van der Waals surface area contributed by atoms with Gasteiger partial charge in [0.2, 0.25) is 15.9 Å². The van der Waals surface area contributed by atoms with E-state index in [1.807, 2.05) is 0 Å². The molecule has 0 radical (unpaired) electrons. The minimum absolute atomic E-state index is 0.303. The highest BCUT2D eigenvalue weighted by Crippen LogP contribution is 2.25. The average molecular weight is 392 g/mol. The van der Waals surface area contributed by atoms with Crippen LogP contribution in [0.1, 0.15) is 26.2 Å². The van der Waals surface area contributed by atoms with Crippen molar-refractivity contribution in [1.29, 1.82) is 0 Å². The predicted molar refractivity (Wildman–Crippen MR) is 90.6 cm³/mol. The summed E-state index contributed by atoms with van der Waals surface area (Å²) in [6.07, 6.45) is 2.43. The van der Waals surface area contributed by atoms with Gasteiger partial charge in [-0.25, -0.2) is 21.2 Å². The highest BCUT2D eigenvalue weighted by Gasteiger charge is 2.33. The van der Waals surface area contributed by atoms with E-state index >= 15 is 0 Å². The van der Waals surface area contributed by atoms with E-state index in [2.05, 4.69) is 10.0 Å². The van der Waals surface area contributed by atoms with Gasteiger partial charge in [-0.1, -0.05) is 12.1 Å². The molecular weight excluding hydrogens is 371 g/mol. The topological polar surface area (TPSA) is 109 Å². The van der Waals surface area contributed by atoms with E-state index in [1.54, 1.807) is 0 Å². The molecule has 1 saturated carbocycles. The van der Waals surface area contributed by atoms with Crippen LogP contribution >= 0.6 is 0 Å². The fraction of sp³-hybridized carbons (Fsp3) is 0.533. The van der Waals surface area contributed by atoms with Gasteiger partial charge < -0.3 is 5.32 Å². The first-order valence-corrected chi connectivity index (χ1v) is 11.2. The molecule has 0 heterocycles. The third-order valence-electron chi connectivity index (χ3n) is 4.19. The lowest BCUT2D eigenvalue weighted by Gasteiger charge is -2.18. The van der Waals surface area contributed by atoms with Crippen LogP contribution in [0.15, 0.2) is 29.2 Å². The Morgan fingerprint density at radius 1 is 1.20 bits per heavy atom. The molecule has 1 aromatic rings. The van der Waals surface area contributed by atoms with Gasteiger partial charge in [-0.3, -0.25) is 4.79 Å². The van der Waals surface area contributed by atoms with Crippen molar-refractivity contribution in [2.75, 3.05) is 6.26 Å². The molecule has 0 bridgehead atoms. The minimum Gasteiger partial charge on any atom is -0.352 e. The number of nitrogens with one attached hydrogen (secondary N) is 2. The second-order valence-electron chi connectivity index (χ2n) is 6.24. The van der Waals surface area contributed by atoms with Gasteiger partial charge in [0.25, 0.3) is 0 Å². The molecule has 3 atom stereocenters. The van der Waals surface area contributed by atoms with Crippen LogP contribution in [0.4, 0.5) is 4.39 Å². The van der Waals surface area contributed by atoms with Crippen molar-refractivity contribution < 1.29 is 26.0 Å². The molecule has 7 nitrogen and oxygen atoms in total. The lowest BCUT2D eigenvalue weighted by atomic mass is 10.2. The Morgan fingerprint density at radius 3 is 2.40 bits per heavy atom. The number of sulfonamides is 1. The molecule has 140 valence electrons. The Kier molecular flexibility index (Phi) is 5.85. The summed E-state index contributed by atoms with van der Waals surface area (Å²) in [6, 6.07) is 3.42. The number of amides is 1. The number of benzene rings is 1. The van der Waals surface area contributed by atoms with Crippen molar-refractivity contribution in [3.05, 3.63) is 30.1 Å². The molecule has 1 aliphatic rings. The number of rotatable bonds is 6. The fourth-order valence-electron chi connectivity index (χ4n) is 2.80. The summed E-state index contributed by atoms with van der Waals surface area (Å²) in [7, 11) is -7.35. The van der Waals surface area contributed by atoms with Crippen LogP contribution in [0.5, 0.6) is 0 Å². The van der Waals surface area contributed by atoms with E-state index < -0.39 is 47.8 Å². The SMILES string of the molecule is C[C@H](NS(=O)(=O)c1ccccc1F)C(=O)NC1CCC(S(C)(=O)=O)C1. The van der Waals surface area contributed by atoms with Crippen molar-refractivity contribution in [2.45, 2.75) is 48.4 Å². The Hall–Kier alpha value is -1.52. The molecule has 25 heavy (non-hydrogen) atoms. The third kappa shape index (κ3) is 4.99. The van der Waals surface area contributed by atoms with E-state index in [4.69, 9.17) is 0 Å². The van der Waals surface area contributed by atoms with Crippen LogP contribution in [-0.4, -0.2) is 46.3 Å². The van der Waals surface area contributed by atoms with Gasteiger partial charge in [-0.2, -0.15) is 4.72 Å². The van der Waals surface area contributed by atoms with Crippen molar-refractivity contribution >= 4 is 25.8 Å². The second kappa shape index (κ2) is 7.38. The molecule has 1 amide bonds. The molecule has 0 saturated heterocycles. The van der Waals surface area contributed by atoms with Gasteiger partial charge in [0.15, 0.2) is 0 Å². The van der Waals surface area contributed by atoms with Gasteiger partial charge in [0.05, 0.1) is 11.3 Å². The predicted octanol–water partition coefficient (Wildman–Crippen LogP) is 0.574. The number of hydrogen-bond donors (Lipinski definition) is 2. The van der Waals surface area contributed by atoms with Crippen molar-refractivity contribution in [3.63, 3.8) is 0 Å². The zero-order valence-corrected chi connectivity index (χ0v) is 15.5. The first-order chi connectivity index (χ1) is 11.5. The zero-order chi connectivity index (χ0) is 18.8. The Morgan fingerprint density at radius 2 is 1.84 bits per heavy atom. The standard InChI is InChI=1S/C15H21FN2O5S2/c1-10(18-25(22,23)14-6-4-3-5-13(14)16)15(19)17-11-7-8-12(9-11)24(2,20)21/h3-6,10-12,18H,7-9H2,1-2H3,(H,17,19)/t10-,11?,12?/m0/s1. The van der Waals surface area contributed by atoms with E-state index in [-0.39, 0.29) is 6.04 Å². The van der Waals surface area contributed by atoms with Crippen LogP contribution < -0.4 is 10.0 Å². The summed E-state index contributed by atoms with van der Waals surface area (Å²) in [5, 5.41) is 2.15. The van der Waals surface area contributed by atoms with Crippen LogP contribution in [-0.2, 0) is 24.7 Å². The Labute approximate surface area is 147 Å². The molecule has 0 aromatic heterocycles.